The van der Waals surface area contributed by atoms with Gasteiger partial charge in [-0.1, -0.05) is 12.1 Å². The highest BCUT2D eigenvalue weighted by Gasteiger charge is 2.43. The predicted molar refractivity (Wildman–Crippen MR) is 91.5 cm³/mol. The number of rotatable bonds is 8. The third-order valence-corrected chi connectivity index (χ3v) is 5.17. The molecule has 0 spiro atoms. The van der Waals surface area contributed by atoms with Gasteiger partial charge in [0.1, 0.15) is 11.4 Å². The maximum atomic E-state index is 12.6. The molecule has 1 saturated carbocycles. The van der Waals surface area contributed by atoms with Crippen molar-refractivity contribution < 1.29 is 24.2 Å². The zero-order valence-electron chi connectivity index (χ0n) is 14.0. The largest absolute Gasteiger partial charge is 0.480 e. The Morgan fingerprint density at radius 2 is 2.12 bits per heavy atom. The van der Waals surface area contributed by atoms with Crippen molar-refractivity contribution in [1.29, 1.82) is 0 Å². The number of carbonyl (C=O) groups is 2. The fraction of sp³-hybridized carbons (Fsp3) is 0.529. The van der Waals surface area contributed by atoms with Gasteiger partial charge in [0, 0.05) is 18.6 Å². The molecule has 0 heterocycles. The second-order valence-electron chi connectivity index (χ2n) is 5.60. The van der Waals surface area contributed by atoms with Crippen LogP contribution in [0.2, 0.25) is 0 Å². The van der Waals surface area contributed by atoms with Gasteiger partial charge in [-0.15, -0.1) is 11.8 Å². The number of thioether (sulfide) groups is 1. The Morgan fingerprint density at radius 1 is 1.42 bits per heavy atom. The third-order valence-electron chi connectivity index (χ3n) is 4.00. The van der Waals surface area contributed by atoms with Gasteiger partial charge in [-0.25, -0.2) is 0 Å². The van der Waals surface area contributed by atoms with E-state index in [1.54, 1.807) is 38.3 Å². The summed E-state index contributed by atoms with van der Waals surface area (Å²) >= 11 is 1.16. The quantitative estimate of drug-likeness (QED) is 0.697. The fourth-order valence-electron chi connectivity index (χ4n) is 2.66. The van der Waals surface area contributed by atoms with Crippen molar-refractivity contribution in [1.82, 2.24) is 5.32 Å². The molecule has 2 rings (SSSR count). The minimum absolute atomic E-state index is 0.00181. The summed E-state index contributed by atoms with van der Waals surface area (Å²) < 4.78 is 11.0. The number of carboxylic acid groups (broad SMARTS) is 1. The van der Waals surface area contributed by atoms with E-state index in [-0.39, 0.29) is 24.2 Å². The number of amides is 1. The minimum atomic E-state index is -0.909. The van der Waals surface area contributed by atoms with Crippen LogP contribution in [0.3, 0.4) is 0 Å². The van der Waals surface area contributed by atoms with Crippen LogP contribution in [0.1, 0.15) is 30.6 Å². The zero-order chi connectivity index (χ0) is 17.7. The van der Waals surface area contributed by atoms with Gasteiger partial charge < -0.3 is 19.9 Å². The van der Waals surface area contributed by atoms with Crippen molar-refractivity contribution in [2.45, 2.75) is 48.7 Å². The third kappa shape index (κ3) is 4.28. The number of hydrogen-bond acceptors (Lipinski definition) is 5. The van der Waals surface area contributed by atoms with E-state index in [1.165, 1.54) is 0 Å². The molecule has 0 saturated heterocycles. The molecule has 4 unspecified atom stereocenters. The summed E-state index contributed by atoms with van der Waals surface area (Å²) in [6.45, 7) is 4.13. The monoisotopic (exact) mass is 353 g/mol. The highest BCUT2D eigenvalue weighted by Crippen LogP contribution is 2.30. The Kier molecular flexibility index (Phi) is 6.65. The first-order valence-electron chi connectivity index (χ1n) is 7.91. The van der Waals surface area contributed by atoms with Crippen LogP contribution in [0.15, 0.2) is 29.2 Å². The van der Waals surface area contributed by atoms with Gasteiger partial charge in [-0.2, -0.15) is 0 Å². The lowest BCUT2D eigenvalue weighted by Crippen LogP contribution is -2.61. The lowest BCUT2D eigenvalue weighted by molar-refractivity contribution is -0.136. The molecule has 1 aromatic rings. The van der Waals surface area contributed by atoms with Gasteiger partial charge in [-0.05, 0) is 32.4 Å². The van der Waals surface area contributed by atoms with E-state index in [9.17, 15) is 9.59 Å². The molecule has 2 N–H and O–H groups in total. The number of aliphatic carboxylic acids is 1. The summed E-state index contributed by atoms with van der Waals surface area (Å²) in [6.07, 6.45) is 0.549. The van der Waals surface area contributed by atoms with E-state index < -0.39 is 11.2 Å². The SMILES string of the molecule is CCOC1CC(NC(=O)c2ccccc2SC(C)C(=O)O)C1OC. The summed E-state index contributed by atoms with van der Waals surface area (Å²) in [7, 11) is 1.60. The standard InChI is InChI=1S/C17H23NO5S/c1-4-23-13-9-12(15(13)22-3)18-16(19)11-7-5-6-8-14(11)24-10(2)17(20)21/h5-8,10,12-13,15H,4,9H2,1-3H3,(H,18,19)(H,20,21). The molecule has 6 nitrogen and oxygen atoms in total. The van der Waals surface area contributed by atoms with Crippen molar-refractivity contribution in [3.8, 4) is 0 Å². The average Bonchev–Trinajstić information content (AvgIpc) is 2.54. The number of carbonyl (C=O) groups excluding carboxylic acids is 1. The molecular formula is C17H23NO5S. The molecule has 1 aliphatic carbocycles. The summed E-state index contributed by atoms with van der Waals surface area (Å²) in [5.41, 5.74) is 0.477. The summed E-state index contributed by atoms with van der Waals surface area (Å²) in [5.74, 6) is -1.13. The first-order valence-corrected chi connectivity index (χ1v) is 8.79. The Balaban J connectivity index is 2.04. The summed E-state index contributed by atoms with van der Waals surface area (Å²) in [4.78, 5) is 24.3. The van der Waals surface area contributed by atoms with Crippen LogP contribution >= 0.6 is 11.8 Å². The van der Waals surface area contributed by atoms with Crippen molar-refractivity contribution in [2.24, 2.45) is 0 Å². The maximum absolute atomic E-state index is 12.6. The molecule has 4 atom stereocenters. The molecule has 1 fully saturated rings. The van der Waals surface area contributed by atoms with Crippen molar-refractivity contribution >= 4 is 23.6 Å². The first-order chi connectivity index (χ1) is 11.5. The van der Waals surface area contributed by atoms with Crippen molar-refractivity contribution in [3.05, 3.63) is 29.8 Å². The van der Waals surface area contributed by atoms with E-state index in [0.29, 0.717) is 23.5 Å². The van der Waals surface area contributed by atoms with Crippen LogP contribution in [0.5, 0.6) is 0 Å². The van der Waals surface area contributed by atoms with Crippen LogP contribution in [0, 0.1) is 0 Å². The topological polar surface area (TPSA) is 84.9 Å². The number of carboxylic acids is 1. The first kappa shape index (κ1) is 18.8. The Morgan fingerprint density at radius 3 is 2.75 bits per heavy atom. The number of nitrogens with one attached hydrogen (secondary N) is 1. The normalized spacial score (nSPS) is 24.0. The van der Waals surface area contributed by atoms with E-state index in [4.69, 9.17) is 14.6 Å². The molecule has 0 radical (unpaired) electrons. The second kappa shape index (κ2) is 8.50. The van der Waals surface area contributed by atoms with Gasteiger partial charge >= 0.3 is 5.97 Å². The van der Waals surface area contributed by atoms with Crippen molar-refractivity contribution in [2.75, 3.05) is 13.7 Å². The zero-order valence-corrected chi connectivity index (χ0v) is 14.8. The van der Waals surface area contributed by atoms with Crippen LogP contribution in [-0.4, -0.2) is 54.2 Å². The number of benzene rings is 1. The van der Waals surface area contributed by atoms with E-state index in [1.807, 2.05) is 6.92 Å². The Labute approximate surface area is 145 Å². The molecule has 0 aromatic heterocycles. The minimum Gasteiger partial charge on any atom is -0.480 e. The van der Waals surface area contributed by atoms with Gasteiger partial charge in [0.15, 0.2) is 0 Å². The van der Waals surface area contributed by atoms with Gasteiger partial charge in [0.25, 0.3) is 5.91 Å². The summed E-state index contributed by atoms with van der Waals surface area (Å²) in [5, 5.41) is 11.4. The number of hydrogen-bond donors (Lipinski definition) is 2. The highest BCUT2D eigenvalue weighted by molar-refractivity contribution is 8.00. The smallest absolute Gasteiger partial charge is 0.316 e. The Hall–Kier alpha value is -1.57. The number of methoxy groups -OCH3 is 1. The van der Waals surface area contributed by atoms with Crippen molar-refractivity contribution in [3.63, 3.8) is 0 Å². The predicted octanol–water partition coefficient (Wildman–Crippen LogP) is 2.17. The molecule has 1 aliphatic rings. The molecule has 1 amide bonds. The van der Waals surface area contributed by atoms with Crippen LogP contribution in [0.4, 0.5) is 0 Å². The van der Waals surface area contributed by atoms with Gasteiger partial charge in [0.2, 0.25) is 0 Å². The molecule has 1 aromatic carbocycles. The lowest BCUT2D eigenvalue weighted by atomic mass is 9.85. The lowest BCUT2D eigenvalue weighted by Gasteiger charge is -2.43. The molecule has 132 valence electrons. The fourth-order valence-corrected chi connectivity index (χ4v) is 3.59. The van der Waals surface area contributed by atoms with Gasteiger partial charge in [-0.3, -0.25) is 9.59 Å². The van der Waals surface area contributed by atoms with E-state index >= 15 is 0 Å². The van der Waals surface area contributed by atoms with Crippen LogP contribution in [0.25, 0.3) is 0 Å². The van der Waals surface area contributed by atoms with E-state index in [0.717, 1.165) is 11.8 Å². The highest BCUT2D eigenvalue weighted by atomic mass is 32.2. The van der Waals surface area contributed by atoms with E-state index in [2.05, 4.69) is 5.32 Å². The van der Waals surface area contributed by atoms with Gasteiger partial charge in [0.05, 0.1) is 17.7 Å². The average molecular weight is 353 g/mol. The molecule has 7 heteroatoms. The molecular weight excluding hydrogens is 330 g/mol. The number of ether oxygens (including phenoxy) is 2. The molecule has 24 heavy (non-hydrogen) atoms. The molecule has 0 bridgehead atoms. The second-order valence-corrected chi connectivity index (χ2v) is 6.99. The molecule has 0 aliphatic heterocycles. The van der Waals surface area contributed by atoms with Crippen LogP contribution in [-0.2, 0) is 14.3 Å². The van der Waals surface area contributed by atoms with Crippen LogP contribution < -0.4 is 5.32 Å². The summed E-state index contributed by atoms with van der Waals surface area (Å²) in [6, 6.07) is 6.92. The maximum Gasteiger partial charge on any atom is 0.316 e. The Bertz CT molecular complexity index is 594.